The molecule has 6 rings (SSSR count). The first-order valence-electron chi connectivity index (χ1n) is 16.5. The number of halogens is 2. The summed E-state index contributed by atoms with van der Waals surface area (Å²) < 4.78 is 36.9. The van der Waals surface area contributed by atoms with Gasteiger partial charge in [-0.3, -0.25) is 4.98 Å². The van der Waals surface area contributed by atoms with E-state index in [0.717, 1.165) is 71.0 Å². The maximum Gasteiger partial charge on any atom is 0.243 e. The fourth-order valence-electron chi connectivity index (χ4n) is 6.52. The molecule has 2 N–H and O–H groups in total. The molecular weight excluding hydrogens is 665 g/mol. The Labute approximate surface area is 293 Å². The lowest BCUT2D eigenvalue weighted by molar-refractivity contribution is -0.651. The molecule has 252 valence electrons. The van der Waals surface area contributed by atoms with E-state index in [1.165, 1.54) is 11.3 Å². The quantitative estimate of drug-likeness (QED) is 0.0964. The van der Waals surface area contributed by atoms with Crippen molar-refractivity contribution in [3.63, 3.8) is 0 Å². The zero-order valence-electron chi connectivity index (χ0n) is 27.7. The van der Waals surface area contributed by atoms with Crippen LogP contribution >= 0.6 is 23.2 Å². The molecule has 1 aliphatic carbocycles. The van der Waals surface area contributed by atoms with Gasteiger partial charge in [0.25, 0.3) is 0 Å². The number of sulfonamides is 1. The van der Waals surface area contributed by atoms with Crippen molar-refractivity contribution in [2.75, 3.05) is 43.9 Å². The lowest BCUT2D eigenvalue weighted by atomic mass is 9.92. The van der Waals surface area contributed by atoms with Crippen molar-refractivity contribution in [2.24, 2.45) is 7.05 Å². The normalized spacial score (nSPS) is 13.2. The van der Waals surface area contributed by atoms with E-state index in [4.69, 9.17) is 32.9 Å². The van der Waals surface area contributed by atoms with E-state index in [9.17, 15) is 8.42 Å². The van der Waals surface area contributed by atoms with Crippen molar-refractivity contribution in [1.29, 1.82) is 0 Å². The van der Waals surface area contributed by atoms with Gasteiger partial charge in [-0.1, -0.05) is 23.2 Å². The summed E-state index contributed by atoms with van der Waals surface area (Å²) in [5.74, 6) is 0.610. The minimum absolute atomic E-state index is 0.244. The molecule has 0 radical (unpaired) electrons. The van der Waals surface area contributed by atoms with Gasteiger partial charge >= 0.3 is 0 Å². The third kappa shape index (κ3) is 7.34. The van der Waals surface area contributed by atoms with Crippen LogP contribution in [0.25, 0.3) is 21.8 Å². The summed E-state index contributed by atoms with van der Waals surface area (Å²) in [6.45, 7) is 3.87. The highest BCUT2D eigenvalue weighted by atomic mass is 35.5. The Morgan fingerprint density at radius 1 is 0.875 bits per heavy atom. The number of ether oxygens (including phenoxy) is 1. The molecule has 1 aliphatic rings. The molecule has 11 heteroatoms. The molecule has 2 heterocycles. The van der Waals surface area contributed by atoms with Crippen molar-refractivity contribution in [3.8, 4) is 5.75 Å². The second-order valence-corrected chi connectivity index (χ2v) is 15.2. The second-order valence-electron chi connectivity index (χ2n) is 12.3. The van der Waals surface area contributed by atoms with Gasteiger partial charge in [-0.25, -0.2) is 8.42 Å². The molecule has 0 spiro atoms. The Hall–Kier alpha value is -3.63. The van der Waals surface area contributed by atoms with E-state index in [0.29, 0.717) is 48.4 Å². The molecule has 0 atom stereocenters. The maximum absolute atomic E-state index is 14.0. The third-order valence-electron chi connectivity index (χ3n) is 9.23. The number of methoxy groups -OCH3 is 1. The molecule has 0 unspecified atom stereocenters. The standard InChI is InChI=1S/C37H41Cl2N5O3S/c1-25-22-35(31-23-27(39)11-17-36(31)43(25)2)40-19-21-44(48(45,46)29-14-12-28(47-3)13-15-29)20-7-6-18-41-37-30-8-4-5-9-33(30)42-34-16-10-26(38)24-32(34)37/h10-17,22-24H,4-9,18-21H2,1-3H3,(H,41,42)/p+1. The number of aromatic nitrogens is 2. The SMILES string of the molecule is COc1ccc(S(=O)(=O)N(CCCCNc2c3c(nc4ccc(Cl)cc24)CCCC3)CCNc2cc(C)[n+](C)c3ccc(Cl)cc23)cc1. The average molecular weight is 708 g/mol. The van der Waals surface area contributed by atoms with Crippen LogP contribution in [0.1, 0.15) is 42.6 Å². The van der Waals surface area contributed by atoms with Gasteiger partial charge in [0.15, 0.2) is 5.69 Å². The van der Waals surface area contributed by atoms with Crippen molar-refractivity contribution in [2.45, 2.75) is 50.3 Å². The maximum atomic E-state index is 14.0. The van der Waals surface area contributed by atoms with Gasteiger partial charge < -0.3 is 15.4 Å². The number of unbranched alkanes of at least 4 members (excludes halogenated alkanes) is 1. The number of rotatable bonds is 13. The number of nitrogens with zero attached hydrogens (tertiary/aromatic N) is 3. The van der Waals surface area contributed by atoms with Crippen LogP contribution in [0.5, 0.6) is 5.75 Å². The number of hydrogen-bond acceptors (Lipinski definition) is 6. The van der Waals surface area contributed by atoms with E-state index in [2.05, 4.69) is 21.3 Å². The Bertz CT molecular complexity index is 2060. The van der Waals surface area contributed by atoms with Crippen LogP contribution < -0.4 is 19.9 Å². The molecule has 0 saturated heterocycles. The number of fused-ring (bicyclic) bond motifs is 3. The smallest absolute Gasteiger partial charge is 0.243 e. The predicted octanol–water partition coefficient (Wildman–Crippen LogP) is 7.71. The summed E-state index contributed by atoms with van der Waals surface area (Å²) >= 11 is 12.8. The number of pyridine rings is 2. The first-order valence-corrected chi connectivity index (χ1v) is 18.7. The summed E-state index contributed by atoms with van der Waals surface area (Å²) in [6.07, 6.45) is 5.75. The average Bonchev–Trinajstić information content (AvgIpc) is 3.09. The van der Waals surface area contributed by atoms with Crippen LogP contribution in [0, 0.1) is 6.92 Å². The molecule has 0 aliphatic heterocycles. The van der Waals surface area contributed by atoms with Crippen molar-refractivity contribution >= 4 is 66.4 Å². The highest BCUT2D eigenvalue weighted by molar-refractivity contribution is 7.89. The fourth-order valence-corrected chi connectivity index (χ4v) is 8.35. The number of aryl methyl sites for hydroxylation is 3. The van der Waals surface area contributed by atoms with Crippen LogP contribution in [0.4, 0.5) is 11.4 Å². The Kier molecular flexibility index (Phi) is 10.6. The predicted molar refractivity (Wildman–Crippen MR) is 196 cm³/mol. The molecule has 8 nitrogen and oxygen atoms in total. The zero-order chi connectivity index (χ0) is 33.8. The lowest BCUT2D eigenvalue weighted by Crippen LogP contribution is -2.36. The van der Waals surface area contributed by atoms with E-state index in [1.807, 2.05) is 50.4 Å². The summed E-state index contributed by atoms with van der Waals surface area (Å²) in [5.41, 5.74) is 7.55. The minimum atomic E-state index is -3.76. The van der Waals surface area contributed by atoms with Crippen molar-refractivity contribution in [3.05, 3.63) is 93.7 Å². The Morgan fingerprint density at radius 2 is 1.60 bits per heavy atom. The van der Waals surface area contributed by atoms with Gasteiger partial charge in [0, 0.05) is 72.0 Å². The highest BCUT2D eigenvalue weighted by Crippen LogP contribution is 2.35. The second kappa shape index (κ2) is 14.9. The number of benzene rings is 3. The van der Waals surface area contributed by atoms with Crippen LogP contribution in [-0.4, -0.2) is 51.0 Å². The summed E-state index contributed by atoms with van der Waals surface area (Å²) in [4.78, 5) is 5.18. The first kappa shape index (κ1) is 34.2. The molecule has 0 fully saturated rings. The van der Waals surface area contributed by atoms with Crippen LogP contribution in [-0.2, 0) is 29.9 Å². The first-order chi connectivity index (χ1) is 23.2. The van der Waals surface area contributed by atoms with Gasteiger partial charge in [0.1, 0.15) is 12.8 Å². The molecular formula is C37H42Cl2N5O3S+. The summed E-state index contributed by atoms with van der Waals surface area (Å²) in [7, 11) is -0.172. The molecule has 0 bridgehead atoms. The number of hydrogen-bond donors (Lipinski definition) is 2. The van der Waals surface area contributed by atoms with E-state index >= 15 is 0 Å². The Morgan fingerprint density at radius 3 is 2.38 bits per heavy atom. The van der Waals surface area contributed by atoms with Crippen LogP contribution in [0.15, 0.2) is 71.6 Å². The topological polar surface area (TPSA) is 87.4 Å². The molecule has 3 aromatic carbocycles. The van der Waals surface area contributed by atoms with Crippen LogP contribution in [0.2, 0.25) is 10.0 Å². The van der Waals surface area contributed by atoms with Crippen molar-refractivity contribution < 1.29 is 17.7 Å². The third-order valence-corrected chi connectivity index (χ3v) is 11.6. The van der Waals surface area contributed by atoms with Gasteiger partial charge in [-0.2, -0.15) is 8.87 Å². The molecule has 0 saturated carbocycles. The van der Waals surface area contributed by atoms with Gasteiger partial charge in [-0.05, 0) is 98.7 Å². The van der Waals surface area contributed by atoms with Gasteiger partial charge in [-0.15, -0.1) is 0 Å². The van der Waals surface area contributed by atoms with Crippen molar-refractivity contribution in [1.82, 2.24) is 9.29 Å². The molecule has 5 aromatic rings. The minimum Gasteiger partial charge on any atom is -0.497 e. The monoisotopic (exact) mass is 706 g/mol. The zero-order valence-corrected chi connectivity index (χ0v) is 30.0. The molecule has 0 amide bonds. The fraction of sp³-hybridized carbons (Fsp3) is 0.351. The molecule has 2 aromatic heterocycles. The van der Waals surface area contributed by atoms with Gasteiger partial charge in [0.2, 0.25) is 15.5 Å². The van der Waals surface area contributed by atoms with Gasteiger partial charge in [0.05, 0.1) is 28.6 Å². The van der Waals surface area contributed by atoms with E-state index in [1.54, 1.807) is 35.7 Å². The number of nitrogens with one attached hydrogen (secondary N) is 2. The summed E-state index contributed by atoms with van der Waals surface area (Å²) in [5, 5.41) is 10.5. The number of anilines is 2. The van der Waals surface area contributed by atoms with Crippen LogP contribution in [0.3, 0.4) is 0 Å². The van der Waals surface area contributed by atoms with E-state index < -0.39 is 10.0 Å². The Balaban J connectivity index is 1.17. The molecule has 48 heavy (non-hydrogen) atoms. The van der Waals surface area contributed by atoms with E-state index in [-0.39, 0.29) is 4.90 Å². The lowest BCUT2D eigenvalue weighted by Gasteiger charge is -2.24. The highest BCUT2D eigenvalue weighted by Gasteiger charge is 2.25. The summed E-state index contributed by atoms with van der Waals surface area (Å²) in [6, 6.07) is 20.3. The largest absolute Gasteiger partial charge is 0.497 e.